The summed E-state index contributed by atoms with van der Waals surface area (Å²) in [5.41, 5.74) is 2.40. The van der Waals surface area contributed by atoms with E-state index in [0.717, 1.165) is 16.5 Å². The Kier molecular flexibility index (Phi) is 4.87. The maximum absolute atomic E-state index is 13.6. The molecule has 0 aliphatic carbocycles. The number of rotatable bonds is 3. The van der Waals surface area contributed by atoms with Crippen molar-refractivity contribution < 1.29 is 13.9 Å². The van der Waals surface area contributed by atoms with E-state index in [0.29, 0.717) is 23.5 Å². The zero-order valence-electron chi connectivity index (χ0n) is 16.1. The number of aryl methyl sites for hydroxylation is 2. The Hall–Kier alpha value is -2.96. The van der Waals surface area contributed by atoms with Gasteiger partial charge in [0.2, 0.25) is 0 Å². The molecule has 27 heavy (non-hydrogen) atoms. The van der Waals surface area contributed by atoms with Gasteiger partial charge in [-0.05, 0) is 57.9 Å². The lowest BCUT2D eigenvalue weighted by Crippen LogP contribution is -2.42. The average Bonchev–Trinajstić information content (AvgIpc) is 2.97. The molecular weight excluding hydrogens is 347 g/mol. The van der Waals surface area contributed by atoms with Crippen LogP contribution in [0.4, 0.5) is 9.18 Å². The number of fused-ring (bicyclic) bond motifs is 1. The van der Waals surface area contributed by atoms with Gasteiger partial charge in [0, 0.05) is 17.6 Å². The first-order valence-electron chi connectivity index (χ1n) is 8.80. The molecule has 3 rings (SSSR count). The summed E-state index contributed by atoms with van der Waals surface area (Å²) >= 11 is 0. The normalized spacial score (nSPS) is 11.6. The number of ether oxygens (including phenoxy) is 1. The first-order chi connectivity index (χ1) is 12.7. The molecule has 0 saturated heterocycles. The van der Waals surface area contributed by atoms with Crippen molar-refractivity contribution in [1.82, 2.24) is 20.1 Å². The van der Waals surface area contributed by atoms with Crippen LogP contribution >= 0.6 is 0 Å². The quantitative estimate of drug-likeness (QED) is 0.739. The third kappa shape index (κ3) is 3.92. The van der Waals surface area contributed by atoms with E-state index in [9.17, 15) is 9.18 Å². The number of halogens is 1. The molecule has 0 unspecified atom stereocenters. The molecule has 0 aliphatic heterocycles. The summed E-state index contributed by atoms with van der Waals surface area (Å²) < 4.78 is 20.9. The molecule has 142 valence electrons. The zero-order valence-corrected chi connectivity index (χ0v) is 16.1. The Morgan fingerprint density at radius 2 is 2.04 bits per heavy atom. The van der Waals surface area contributed by atoms with E-state index in [-0.39, 0.29) is 5.82 Å². The van der Waals surface area contributed by atoms with Crippen LogP contribution in [0.3, 0.4) is 0 Å². The molecule has 0 atom stereocenters. The molecule has 1 N–H and O–H groups in total. The van der Waals surface area contributed by atoms with Crippen molar-refractivity contribution in [2.45, 2.75) is 46.7 Å². The monoisotopic (exact) mass is 370 g/mol. The van der Waals surface area contributed by atoms with Crippen LogP contribution in [-0.2, 0) is 6.54 Å². The highest BCUT2D eigenvalue weighted by atomic mass is 19.1. The number of carbonyl (C=O) groups excluding carboxylic acids is 1. The van der Waals surface area contributed by atoms with Gasteiger partial charge in [0.1, 0.15) is 5.82 Å². The van der Waals surface area contributed by atoms with E-state index >= 15 is 0 Å². The molecule has 2 heterocycles. The van der Waals surface area contributed by atoms with E-state index in [1.165, 1.54) is 18.3 Å². The summed E-state index contributed by atoms with van der Waals surface area (Å²) in [5.74, 6) is -0.0200. The fraction of sp³-hybridized carbons (Fsp3) is 0.350. The Morgan fingerprint density at radius 1 is 1.30 bits per heavy atom. The lowest BCUT2D eigenvalue weighted by atomic mass is 9.98. The highest BCUT2D eigenvalue weighted by Gasteiger charge is 2.21. The second-order valence-corrected chi connectivity index (χ2v) is 7.42. The predicted octanol–water partition coefficient (Wildman–Crippen LogP) is 4.45. The molecule has 0 radical (unpaired) electrons. The van der Waals surface area contributed by atoms with Crippen LogP contribution in [0.15, 0.2) is 30.6 Å². The van der Waals surface area contributed by atoms with Gasteiger partial charge in [0.25, 0.3) is 0 Å². The molecule has 0 aliphatic rings. The van der Waals surface area contributed by atoms with E-state index in [4.69, 9.17) is 4.74 Å². The minimum Gasteiger partial charge on any atom is -0.408 e. The van der Waals surface area contributed by atoms with Gasteiger partial charge in [-0.25, -0.2) is 18.9 Å². The summed E-state index contributed by atoms with van der Waals surface area (Å²) in [6.07, 6.45) is 2.63. The van der Waals surface area contributed by atoms with Gasteiger partial charge in [-0.15, -0.1) is 0 Å². The number of hydrogen-bond acceptors (Lipinski definition) is 4. The number of hydrogen-bond donors (Lipinski definition) is 1. The van der Waals surface area contributed by atoms with E-state index in [1.54, 1.807) is 16.9 Å². The third-order valence-corrected chi connectivity index (χ3v) is 4.07. The van der Waals surface area contributed by atoms with Gasteiger partial charge in [-0.1, -0.05) is 6.07 Å². The number of nitrogens with one attached hydrogen (secondary N) is 1. The summed E-state index contributed by atoms with van der Waals surface area (Å²) in [5, 5.41) is 7.86. The predicted molar refractivity (Wildman–Crippen MR) is 102 cm³/mol. The van der Waals surface area contributed by atoms with Crippen LogP contribution in [0.25, 0.3) is 22.2 Å². The maximum Gasteiger partial charge on any atom is 0.413 e. The average molecular weight is 370 g/mol. The highest BCUT2D eigenvalue weighted by molar-refractivity contribution is 5.97. The molecule has 1 aromatic carbocycles. The largest absolute Gasteiger partial charge is 0.413 e. The smallest absolute Gasteiger partial charge is 0.408 e. The van der Waals surface area contributed by atoms with E-state index in [1.807, 2.05) is 34.6 Å². The molecule has 0 spiro atoms. The highest BCUT2D eigenvalue weighted by Crippen LogP contribution is 2.38. The second-order valence-electron chi connectivity index (χ2n) is 7.42. The summed E-state index contributed by atoms with van der Waals surface area (Å²) in [6.45, 7) is 10.0. The molecule has 1 amide bonds. The SMILES string of the molecule is CCn1ncc2c(-c3ccc(F)cc3C)c(OC(=O)NC(C)(C)C)cnc21. The lowest BCUT2D eigenvalue weighted by molar-refractivity contribution is 0.190. The van der Waals surface area contributed by atoms with Crippen molar-refractivity contribution in [2.75, 3.05) is 0 Å². The summed E-state index contributed by atoms with van der Waals surface area (Å²) in [6, 6.07) is 4.51. The van der Waals surface area contributed by atoms with Crippen LogP contribution in [0.1, 0.15) is 33.3 Å². The summed E-state index contributed by atoms with van der Waals surface area (Å²) in [4.78, 5) is 16.7. The van der Waals surface area contributed by atoms with Crippen LogP contribution in [0, 0.1) is 12.7 Å². The number of benzene rings is 1. The van der Waals surface area contributed by atoms with E-state index < -0.39 is 11.6 Å². The van der Waals surface area contributed by atoms with Crippen molar-refractivity contribution in [1.29, 1.82) is 0 Å². The Morgan fingerprint density at radius 3 is 2.67 bits per heavy atom. The molecule has 0 saturated carbocycles. The Labute approximate surface area is 157 Å². The van der Waals surface area contributed by atoms with Gasteiger partial charge in [-0.3, -0.25) is 0 Å². The van der Waals surface area contributed by atoms with Gasteiger partial charge in [0.15, 0.2) is 11.4 Å². The minimum atomic E-state index is -0.576. The minimum absolute atomic E-state index is 0.301. The first-order valence-corrected chi connectivity index (χ1v) is 8.80. The topological polar surface area (TPSA) is 69.0 Å². The van der Waals surface area contributed by atoms with Crippen molar-refractivity contribution in [2.24, 2.45) is 0 Å². The third-order valence-electron chi connectivity index (χ3n) is 4.07. The zero-order chi connectivity index (χ0) is 19.8. The van der Waals surface area contributed by atoms with Crippen molar-refractivity contribution >= 4 is 17.1 Å². The Bertz CT molecular complexity index is 1010. The van der Waals surface area contributed by atoms with Gasteiger partial charge >= 0.3 is 6.09 Å². The molecule has 7 heteroatoms. The fourth-order valence-corrected chi connectivity index (χ4v) is 2.93. The van der Waals surface area contributed by atoms with Crippen LogP contribution in [0.5, 0.6) is 5.75 Å². The van der Waals surface area contributed by atoms with Crippen molar-refractivity contribution in [3.8, 4) is 16.9 Å². The molecule has 6 nitrogen and oxygen atoms in total. The van der Waals surface area contributed by atoms with Gasteiger partial charge in [-0.2, -0.15) is 5.10 Å². The van der Waals surface area contributed by atoms with Crippen molar-refractivity contribution in [3.05, 3.63) is 42.0 Å². The maximum atomic E-state index is 13.6. The number of pyridine rings is 1. The molecular formula is C20H23FN4O2. The van der Waals surface area contributed by atoms with Crippen molar-refractivity contribution in [3.63, 3.8) is 0 Å². The standard InChI is InChI=1S/C20H23FN4O2/c1-6-25-18-15(10-23-25)17(14-8-7-13(21)9-12(14)2)16(11-22-18)27-19(26)24-20(3,4)5/h7-11H,6H2,1-5H3,(H,24,26). The summed E-state index contributed by atoms with van der Waals surface area (Å²) in [7, 11) is 0. The number of nitrogens with zero attached hydrogens (tertiary/aromatic N) is 3. The van der Waals surface area contributed by atoms with E-state index in [2.05, 4.69) is 15.4 Å². The lowest BCUT2D eigenvalue weighted by Gasteiger charge is -2.21. The van der Waals surface area contributed by atoms with Crippen LogP contribution in [0.2, 0.25) is 0 Å². The van der Waals surface area contributed by atoms with Gasteiger partial charge in [0.05, 0.1) is 17.8 Å². The van der Waals surface area contributed by atoms with Gasteiger partial charge < -0.3 is 10.1 Å². The van der Waals surface area contributed by atoms with Crippen LogP contribution < -0.4 is 10.1 Å². The fourth-order valence-electron chi connectivity index (χ4n) is 2.93. The Balaban J connectivity index is 2.17. The molecule has 2 aromatic heterocycles. The molecule has 0 fully saturated rings. The second kappa shape index (κ2) is 6.98. The molecule has 3 aromatic rings. The first kappa shape index (κ1) is 18.8. The number of amides is 1. The van der Waals surface area contributed by atoms with Crippen LogP contribution in [-0.4, -0.2) is 26.4 Å². The number of aromatic nitrogens is 3. The number of carbonyl (C=O) groups is 1. The molecule has 0 bridgehead atoms.